The molecule has 0 saturated carbocycles. The van der Waals surface area contributed by atoms with E-state index in [-0.39, 0.29) is 20.9 Å². The summed E-state index contributed by atoms with van der Waals surface area (Å²) >= 11 is 0.967. The Hall–Kier alpha value is -1.69. The van der Waals surface area contributed by atoms with Gasteiger partial charge in [-0.15, -0.1) is 0 Å². The van der Waals surface area contributed by atoms with Gasteiger partial charge >= 0.3 is 5.97 Å². The van der Waals surface area contributed by atoms with E-state index in [1.807, 2.05) is 0 Å². The van der Waals surface area contributed by atoms with Crippen molar-refractivity contribution in [3.05, 3.63) is 23.5 Å². The predicted octanol–water partition coefficient (Wildman–Crippen LogP) is 1.72. The fourth-order valence-corrected chi connectivity index (χ4v) is 2.01. The molecule has 1 aromatic carbocycles. The molecule has 0 unspecified atom stereocenters. The monoisotopic (exact) mass is 212 g/mol. The molecule has 4 nitrogen and oxygen atoms in total. The molecular weight excluding hydrogens is 207 g/mol. The maximum absolute atomic E-state index is 13.1. The highest BCUT2D eigenvalue weighted by Crippen LogP contribution is 2.29. The van der Waals surface area contributed by atoms with Crippen molar-refractivity contribution < 1.29 is 14.3 Å². The number of carboxylic acid groups (broad SMARTS) is 1. The number of hydrogen-bond acceptors (Lipinski definition) is 4. The molecule has 0 aliphatic carbocycles. The van der Waals surface area contributed by atoms with E-state index in [1.165, 1.54) is 6.07 Å². The van der Waals surface area contributed by atoms with Crippen LogP contribution in [0.3, 0.4) is 0 Å². The summed E-state index contributed by atoms with van der Waals surface area (Å²) in [5.74, 6) is -1.67. The van der Waals surface area contributed by atoms with Crippen LogP contribution in [0.1, 0.15) is 10.4 Å². The standard InChI is InChI=1S/C8H5FN2O2S/c9-4-2-1-3(7(12)13)6-5(4)11-8(10)14-6/h1-2H,(H2,10,11)(H,12,13). The molecule has 0 aliphatic rings. The normalized spacial score (nSPS) is 10.6. The fraction of sp³-hybridized carbons (Fsp3) is 0. The Labute approximate surface area is 81.8 Å². The Morgan fingerprint density at radius 1 is 1.57 bits per heavy atom. The van der Waals surface area contributed by atoms with Crippen LogP contribution >= 0.6 is 11.3 Å². The fourth-order valence-electron chi connectivity index (χ4n) is 1.16. The maximum atomic E-state index is 13.1. The first-order chi connectivity index (χ1) is 6.59. The topological polar surface area (TPSA) is 76.2 Å². The molecular formula is C8H5FN2O2S. The van der Waals surface area contributed by atoms with Crippen molar-refractivity contribution in [3.8, 4) is 0 Å². The Morgan fingerprint density at radius 3 is 2.93 bits per heavy atom. The maximum Gasteiger partial charge on any atom is 0.337 e. The van der Waals surface area contributed by atoms with Gasteiger partial charge in [-0.25, -0.2) is 14.2 Å². The van der Waals surface area contributed by atoms with Crippen molar-refractivity contribution in [2.24, 2.45) is 0 Å². The van der Waals surface area contributed by atoms with E-state index in [0.717, 1.165) is 17.4 Å². The van der Waals surface area contributed by atoms with E-state index in [2.05, 4.69) is 4.98 Å². The number of carboxylic acids is 1. The minimum atomic E-state index is -1.11. The molecule has 0 fully saturated rings. The molecule has 1 aromatic heterocycles. The summed E-state index contributed by atoms with van der Waals surface area (Å²) in [6.07, 6.45) is 0. The Bertz CT molecular complexity index is 523. The zero-order valence-electron chi connectivity index (χ0n) is 6.82. The molecule has 0 bridgehead atoms. The number of benzene rings is 1. The highest BCUT2D eigenvalue weighted by molar-refractivity contribution is 7.22. The van der Waals surface area contributed by atoms with Crippen molar-refractivity contribution in [2.45, 2.75) is 0 Å². The van der Waals surface area contributed by atoms with E-state index in [9.17, 15) is 9.18 Å². The molecule has 0 saturated heterocycles. The van der Waals surface area contributed by atoms with Gasteiger partial charge in [0.25, 0.3) is 0 Å². The van der Waals surface area contributed by atoms with Crippen LogP contribution in [0.2, 0.25) is 0 Å². The van der Waals surface area contributed by atoms with Crippen LogP contribution in [0.15, 0.2) is 12.1 Å². The smallest absolute Gasteiger partial charge is 0.337 e. The van der Waals surface area contributed by atoms with Crippen LogP contribution in [-0.2, 0) is 0 Å². The van der Waals surface area contributed by atoms with Gasteiger partial charge < -0.3 is 10.8 Å². The molecule has 0 amide bonds. The third-order valence-corrected chi connectivity index (χ3v) is 2.66. The lowest BCUT2D eigenvalue weighted by molar-refractivity contribution is 0.0699. The average Bonchev–Trinajstić information content (AvgIpc) is 2.47. The summed E-state index contributed by atoms with van der Waals surface area (Å²) < 4.78 is 13.4. The molecule has 1 heterocycles. The number of anilines is 1. The van der Waals surface area contributed by atoms with Crippen molar-refractivity contribution in [2.75, 3.05) is 5.73 Å². The highest BCUT2D eigenvalue weighted by atomic mass is 32.1. The number of nitrogens with zero attached hydrogens (tertiary/aromatic N) is 1. The van der Waals surface area contributed by atoms with Gasteiger partial charge in [0, 0.05) is 0 Å². The first-order valence-electron chi connectivity index (χ1n) is 3.67. The lowest BCUT2D eigenvalue weighted by Crippen LogP contribution is -1.96. The summed E-state index contributed by atoms with van der Waals surface area (Å²) in [4.78, 5) is 14.5. The minimum absolute atomic E-state index is 0.0207. The number of carbonyl (C=O) groups is 1. The molecule has 0 spiro atoms. The number of nitrogens with two attached hydrogens (primary N) is 1. The van der Waals surface area contributed by atoms with Gasteiger partial charge in [0.1, 0.15) is 11.3 Å². The summed E-state index contributed by atoms with van der Waals surface area (Å²) in [5.41, 5.74) is 5.42. The molecule has 0 atom stereocenters. The van der Waals surface area contributed by atoms with Gasteiger partial charge in [-0.05, 0) is 12.1 Å². The van der Waals surface area contributed by atoms with Gasteiger partial charge in [0.2, 0.25) is 0 Å². The van der Waals surface area contributed by atoms with Crippen LogP contribution in [-0.4, -0.2) is 16.1 Å². The van der Waals surface area contributed by atoms with Gasteiger partial charge in [-0.3, -0.25) is 0 Å². The van der Waals surface area contributed by atoms with Crippen LogP contribution in [0.5, 0.6) is 0 Å². The summed E-state index contributed by atoms with van der Waals surface area (Å²) in [7, 11) is 0. The number of hydrogen-bond donors (Lipinski definition) is 2. The second-order valence-corrected chi connectivity index (χ2v) is 3.66. The number of thiazole rings is 1. The Morgan fingerprint density at radius 2 is 2.29 bits per heavy atom. The van der Waals surface area contributed by atoms with E-state index in [1.54, 1.807) is 0 Å². The summed E-state index contributed by atoms with van der Waals surface area (Å²) in [5, 5.41) is 8.96. The summed E-state index contributed by atoms with van der Waals surface area (Å²) in [6.45, 7) is 0. The molecule has 0 aliphatic heterocycles. The van der Waals surface area contributed by atoms with Crippen LogP contribution < -0.4 is 5.73 Å². The highest BCUT2D eigenvalue weighted by Gasteiger charge is 2.15. The lowest BCUT2D eigenvalue weighted by Gasteiger charge is -1.95. The first-order valence-corrected chi connectivity index (χ1v) is 4.49. The van der Waals surface area contributed by atoms with Crippen molar-refractivity contribution in [1.82, 2.24) is 4.98 Å². The van der Waals surface area contributed by atoms with Crippen LogP contribution in [0.25, 0.3) is 10.2 Å². The molecule has 3 N–H and O–H groups in total. The number of halogens is 1. The largest absolute Gasteiger partial charge is 0.478 e. The first kappa shape index (κ1) is 8.89. The van der Waals surface area contributed by atoms with E-state index < -0.39 is 11.8 Å². The van der Waals surface area contributed by atoms with Crippen molar-refractivity contribution in [1.29, 1.82) is 0 Å². The summed E-state index contributed by atoms with van der Waals surface area (Å²) in [6, 6.07) is 2.28. The zero-order chi connectivity index (χ0) is 10.3. The SMILES string of the molecule is Nc1nc2c(F)ccc(C(=O)O)c2s1. The molecule has 2 rings (SSSR count). The van der Waals surface area contributed by atoms with Gasteiger partial charge in [-0.1, -0.05) is 11.3 Å². The number of nitrogen functional groups attached to an aromatic ring is 1. The zero-order valence-corrected chi connectivity index (χ0v) is 7.64. The molecule has 14 heavy (non-hydrogen) atoms. The van der Waals surface area contributed by atoms with Gasteiger partial charge in [-0.2, -0.15) is 0 Å². The van der Waals surface area contributed by atoms with Crippen LogP contribution in [0.4, 0.5) is 9.52 Å². The average molecular weight is 212 g/mol. The molecule has 2 aromatic rings. The number of aromatic carboxylic acids is 1. The quantitative estimate of drug-likeness (QED) is 0.754. The Kier molecular flexibility index (Phi) is 1.85. The Balaban J connectivity index is 2.87. The molecule has 72 valence electrons. The number of aromatic nitrogens is 1. The van der Waals surface area contributed by atoms with E-state index in [4.69, 9.17) is 10.8 Å². The van der Waals surface area contributed by atoms with Crippen LogP contribution in [0, 0.1) is 5.82 Å². The number of fused-ring (bicyclic) bond motifs is 1. The van der Waals surface area contributed by atoms with E-state index in [0.29, 0.717) is 0 Å². The minimum Gasteiger partial charge on any atom is -0.478 e. The van der Waals surface area contributed by atoms with Gasteiger partial charge in [0.05, 0.1) is 10.3 Å². The lowest BCUT2D eigenvalue weighted by atomic mass is 10.2. The third kappa shape index (κ3) is 1.20. The second-order valence-electron chi connectivity index (χ2n) is 2.63. The predicted molar refractivity (Wildman–Crippen MR) is 50.9 cm³/mol. The number of rotatable bonds is 1. The second kappa shape index (κ2) is 2.91. The van der Waals surface area contributed by atoms with Crippen molar-refractivity contribution >= 4 is 32.7 Å². The third-order valence-electron chi connectivity index (χ3n) is 1.74. The molecule has 0 radical (unpaired) electrons. The van der Waals surface area contributed by atoms with Crippen molar-refractivity contribution in [3.63, 3.8) is 0 Å². The molecule has 6 heteroatoms. The van der Waals surface area contributed by atoms with E-state index >= 15 is 0 Å². The van der Waals surface area contributed by atoms with Gasteiger partial charge in [0.15, 0.2) is 5.13 Å².